The fourth-order valence-electron chi connectivity index (χ4n) is 1.80. The Hall–Kier alpha value is -2.36. The lowest BCUT2D eigenvalue weighted by Crippen LogP contribution is -2.07. The van der Waals surface area contributed by atoms with Gasteiger partial charge in [-0.1, -0.05) is 6.07 Å². The summed E-state index contributed by atoms with van der Waals surface area (Å²) in [4.78, 5) is 16.0. The van der Waals surface area contributed by atoms with Crippen molar-refractivity contribution in [2.24, 2.45) is 0 Å². The predicted molar refractivity (Wildman–Crippen MR) is 76.8 cm³/mol. The van der Waals surface area contributed by atoms with E-state index in [4.69, 9.17) is 9.47 Å². The van der Waals surface area contributed by atoms with E-state index in [1.54, 1.807) is 19.1 Å². The molecular weight excluding hydrogens is 254 g/mol. The molecule has 0 aliphatic carbocycles. The van der Waals surface area contributed by atoms with Crippen LogP contribution in [0.3, 0.4) is 0 Å². The lowest BCUT2D eigenvalue weighted by atomic mass is 10.1. The van der Waals surface area contributed by atoms with E-state index < -0.39 is 5.97 Å². The van der Waals surface area contributed by atoms with Gasteiger partial charge >= 0.3 is 5.97 Å². The van der Waals surface area contributed by atoms with Crippen molar-refractivity contribution in [2.45, 2.75) is 13.8 Å². The maximum atomic E-state index is 11.7. The van der Waals surface area contributed by atoms with Crippen LogP contribution in [0.15, 0.2) is 42.5 Å². The fraction of sp³-hybridized carbons (Fsp3) is 0.250. The Morgan fingerprint density at radius 1 is 1.05 bits per heavy atom. The molecule has 104 valence electrons. The Labute approximate surface area is 118 Å². The number of benzene rings is 1. The summed E-state index contributed by atoms with van der Waals surface area (Å²) in [5.74, 6) is 0.415. The Morgan fingerprint density at radius 3 is 2.45 bits per heavy atom. The molecule has 0 amide bonds. The van der Waals surface area contributed by atoms with Crippen molar-refractivity contribution < 1.29 is 14.3 Å². The number of nitrogens with zero attached hydrogens (tertiary/aromatic N) is 1. The van der Waals surface area contributed by atoms with Crippen molar-refractivity contribution in [1.29, 1.82) is 0 Å². The lowest BCUT2D eigenvalue weighted by Gasteiger charge is -2.06. The molecule has 0 spiro atoms. The average molecular weight is 271 g/mol. The van der Waals surface area contributed by atoms with E-state index in [2.05, 4.69) is 4.98 Å². The lowest BCUT2D eigenvalue weighted by molar-refractivity contribution is 0.0519. The molecule has 0 fully saturated rings. The second-order valence-electron chi connectivity index (χ2n) is 4.09. The van der Waals surface area contributed by atoms with E-state index in [1.165, 1.54) is 0 Å². The number of carbonyl (C=O) groups excluding carboxylic acids is 1. The van der Waals surface area contributed by atoms with E-state index >= 15 is 0 Å². The average Bonchev–Trinajstić information content (AvgIpc) is 2.49. The number of pyridine rings is 1. The van der Waals surface area contributed by atoms with Crippen molar-refractivity contribution in [3.8, 4) is 17.0 Å². The monoisotopic (exact) mass is 271 g/mol. The summed E-state index contributed by atoms with van der Waals surface area (Å²) in [5.41, 5.74) is 1.98. The molecule has 20 heavy (non-hydrogen) atoms. The minimum absolute atomic E-state index is 0.318. The molecule has 0 unspecified atom stereocenters. The van der Waals surface area contributed by atoms with Crippen LogP contribution in [-0.2, 0) is 4.74 Å². The zero-order valence-corrected chi connectivity index (χ0v) is 11.6. The largest absolute Gasteiger partial charge is 0.494 e. The summed E-state index contributed by atoms with van der Waals surface area (Å²) in [7, 11) is 0. The predicted octanol–water partition coefficient (Wildman–Crippen LogP) is 3.32. The number of esters is 1. The van der Waals surface area contributed by atoms with E-state index in [1.807, 2.05) is 37.3 Å². The van der Waals surface area contributed by atoms with Crippen molar-refractivity contribution in [1.82, 2.24) is 4.98 Å². The molecule has 0 aliphatic heterocycles. The molecule has 0 aliphatic rings. The first-order valence-corrected chi connectivity index (χ1v) is 6.62. The third-order valence-corrected chi connectivity index (χ3v) is 2.69. The van der Waals surface area contributed by atoms with Crippen molar-refractivity contribution in [2.75, 3.05) is 13.2 Å². The topological polar surface area (TPSA) is 48.4 Å². The summed E-state index contributed by atoms with van der Waals surface area (Å²) < 4.78 is 10.3. The molecule has 0 radical (unpaired) electrons. The quantitative estimate of drug-likeness (QED) is 0.783. The third kappa shape index (κ3) is 3.35. The van der Waals surface area contributed by atoms with Crippen LogP contribution >= 0.6 is 0 Å². The summed E-state index contributed by atoms with van der Waals surface area (Å²) in [6.07, 6.45) is 0. The second-order valence-corrected chi connectivity index (χ2v) is 4.09. The van der Waals surface area contributed by atoms with Gasteiger partial charge in [0.1, 0.15) is 11.4 Å². The molecule has 0 saturated carbocycles. The number of ether oxygens (including phenoxy) is 2. The van der Waals surface area contributed by atoms with Gasteiger partial charge in [0.25, 0.3) is 0 Å². The van der Waals surface area contributed by atoms with Crippen molar-refractivity contribution >= 4 is 5.97 Å². The van der Waals surface area contributed by atoms with Crippen LogP contribution in [0, 0.1) is 0 Å². The van der Waals surface area contributed by atoms with Gasteiger partial charge in [0, 0.05) is 5.56 Å². The maximum Gasteiger partial charge on any atom is 0.356 e. The fourth-order valence-corrected chi connectivity index (χ4v) is 1.80. The minimum Gasteiger partial charge on any atom is -0.494 e. The number of carbonyl (C=O) groups is 1. The molecule has 4 heteroatoms. The molecular formula is C16H17NO3. The first-order valence-electron chi connectivity index (χ1n) is 6.62. The van der Waals surface area contributed by atoms with Crippen molar-refractivity contribution in [3.05, 3.63) is 48.2 Å². The minimum atomic E-state index is -0.403. The SMILES string of the molecule is CCOC(=O)c1cccc(-c2ccc(OCC)cc2)n1. The van der Waals surface area contributed by atoms with E-state index in [0.717, 1.165) is 17.0 Å². The van der Waals surface area contributed by atoms with Gasteiger partial charge in [0.2, 0.25) is 0 Å². The van der Waals surface area contributed by atoms with Gasteiger partial charge < -0.3 is 9.47 Å². The summed E-state index contributed by atoms with van der Waals surface area (Å²) in [6.45, 7) is 4.69. The standard InChI is InChI=1S/C16H17NO3/c1-3-19-13-10-8-12(9-11-13)14-6-5-7-15(17-14)16(18)20-4-2/h5-11H,3-4H2,1-2H3. The van der Waals surface area contributed by atoms with Gasteiger partial charge in [0.05, 0.1) is 18.9 Å². The zero-order valence-electron chi connectivity index (χ0n) is 11.6. The van der Waals surface area contributed by atoms with E-state index in [-0.39, 0.29) is 0 Å². The molecule has 1 aromatic carbocycles. The van der Waals surface area contributed by atoms with Crippen LogP contribution in [0.2, 0.25) is 0 Å². The van der Waals surface area contributed by atoms with Crippen LogP contribution in [0.4, 0.5) is 0 Å². The van der Waals surface area contributed by atoms with Crippen LogP contribution in [0.5, 0.6) is 5.75 Å². The second kappa shape index (κ2) is 6.70. The highest BCUT2D eigenvalue weighted by Crippen LogP contribution is 2.21. The van der Waals surface area contributed by atoms with Crippen LogP contribution in [0.1, 0.15) is 24.3 Å². The highest BCUT2D eigenvalue weighted by Gasteiger charge is 2.09. The zero-order chi connectivity index (χ0) is 14.4. The summed E-state index contributed by atoms with van der Waals surface area (Å²) in [5, 5.41) is 0. The van der Waals surface area contributed by atoms with Crippen molar-refractivity contribution in [3.63, 3.8) is 0 Å². The Bertz CT molecular complexity index is 579. The molecule has 4 nitrogen and oxygen atoms in total. The molecule has 0 bridgehead atoms. The number of hydrogen-bond donors (Lipinski definition) is 0. The normalized spacial score (nSPS) is 10.1. The molecule has 2 aromatic rings. The van der Waals surface area contributed by atoms with Crippen LogP contribution < -0.4 is 4.74 Å². The first kappa shape index (κ1) is 14.1. The van der Waals surface area contributed by atoms with Gasteiger partial charge in [-0.15, -0.1) is 0 Å². The Kier molecular flexibility index (Phi) is 4.71. The van der Waals surface area contributed by atoms with Gasteiger partial charge in [-0.2, -0.15) is 0 Å². The summed E-state index contributed by atoms with van der Waals surface area (Å²) >= 11 is 0. The smallest absolute Gasteiger partial charge is 0.356 e. The van der Waals surface area contributed by atoms with E-state index in [9.17, 15) is 4.79 Å². The molecule has 0 N–H and O–H groups in total. The number of hydrogen-bond acceptors (Lipinski definition) is 4. The number of aromatic nitrogens is 1. The highest BCUT2D eigenvalue weighted by molar-refractivity contribution is 5.87. The summed E-state index contributed by atoms with van der Waals surface area (Å²) in [6, 6.07) is 12.9. The molecule has 2 rings (SSSR count). The Balaban J connectivity index is 2.24. The van der Waals surface area contributed by atoms with E-state index in [0.29, 0.717) is 18.9 Å². The van der Waals surface area contributed by atoms with Gasteiger partial charge in [-0.05, 0) is 50.2 Å². The van der Waals surface area contributed by atoms with Crippen LogP contribution in [-0.4, -0.2) is 24.2 Å². The molecule has 1 aromatic heterocycles. The molecule has 1 heterocycles. The number of rotatable bonds is 5. The van der Waals surface area contributed by atoms with Gasteiger partial charge in [-0.3, -0.25) is 0 Å². The highest BCUT2D eigenvalue weighted by atomic mass is 16.5. The third-order valence-electron chi connectivity index (χ3n) is 2.69. The molecule has 0 saturated heterocycles. The van der Waals surface area contributed by atoms with Gasteiger partial charge in [-0.25, -0.2) is 9.78 Å². The van der Waals surface area contributed by atoms with Crippen LogP contribution in [0.25, 0.3) is 11.3 Å². The first-order chi connectivity index (χ1) is 9.74. The van der Waals surface area contributed by atoms with Gasteiger partial charge in [0.15, 0.2) is 0 Å². The Morgan fingerprint density at radius 2 is 1.80 bits per heavy atom. The molecule has 0 atom stereocenters. The maximum absolute atomic E-state index is 11.7.